The topological polar surface area (TPSA) is 17.1 Å². The second-order valence-electron chi connectivity index (χ2n) is 3.13. The van der Waals surface area contributed by atoms with Gasteiger partial charge in [-0.05, 0) is 12.5 Å². The van der Waals surface area contributed by atoms with Crippen LogP contribution in [0.2, 0.25) is 0 Å². The summed E-state index contributed by atoms with van der Waals surface area (Å²) in [5.74, 6) is 0.0910. The molecular weight excluding hydrogens is 244 g/mol. The van der Waals surface area contributed by atoms with Crippen molar-refractivity contribution in [1.82, 2.24) is 0 Å². The van der Waals surface area contributed by atoms with Crippen LogP contribution in [-0.4, -0.2) is 5.78 Å². The summed E-state index contributed by atoms with van der Waals surface area (Å²) in [6, 6.07) is 7.58. The van der Waals surface area contributed by atoms with E-state index in [1.54, 1.807) is 27.6 Å². The van der Waals surface area contributed by atoms with E-state index in [4.69, 9.17) is 12.2 Å². The highest BCUT2D eigenvalue weighted by Crippen LogP contribution is 2.28. The van der Waals surface area contributed by atoms with E-state index in [0.29, 0.717) is 0 Å². The molecule has 0 aliphatic rings. The van der Waals surface area contributed by atoms with Gasteiger partial charge in [0, 0.05) is 16.5 Å². The summed E-state index contributed by atoms with van der Waals surface area (Å²) in [6.45, 7) is 1.57. The Morgan fingerprint density at radius 1 is 1.27 bits per heavy atom. The maximum absolute atomic E-state index is 11.1. The van der Waals surface area contributed by atoms with Gasteiger partial charge in [0.1, 0.15) is 3.82 Å². The molecular formula is C11H8OS3. The predicted octanol–water partition coefficient (Wildman–Crippen LogP) is 4.41. The quantitative estimate of drug-likeness (QED) is 0.447. The third-order valence-electron chi connectivity index (χ3n) is 2.11. The van der Waals surface area contributed by atoms with Gasteiger partial charge in [-0.1, -0.05) is 57.2 Å². The number of ketones is 1. The molecule has 0 saturated carbocycles. The monoisotopic (exact) mass is 252 g/mol. The molecule has 0 unspecified atom stereocenters. The fourth-order valence-corrected chi connectivity index (χ4v) is 3.68. The summed E-state index contributed by atoms with van der Waals surface area (Å²) in [4.78, 5) is 11.1. The Morgan fingerprint density at radius 3 is 2.40 bits per heavy atom. The van der Waals surface area contributed by atoms with Crippen LogP contribution >= 0.6 is 32.9 Å². The Kier molecular flexibility index (Phi) is 3.09. The number of rotatable bonds is 2. The Morgan fingerprint density at radius 2 is 1.93 bits per heavy atom. The molecule has 0 atom stereocenters. The van der Waals surface area contributed by atoms with E-state index in [9.17, 15) is 4.79 Å². The second kappa shape index (κ2) is 4.35. The van der Waals surface area contributed by atoms with Crippen LogP contribution < -0.4 is 0 Å². The zero-order chi connectivity index (χ0) is 10.8. The first kappa shape index (κ1) is 10.7. The van der Waals surface area contributed by atoms with Gasteiger partial charge in [-0.3, -0.25) is 4.79 Å². The van der Waals surface area contributed by atoms with Crippen molar-refractivity contribution >= 4 is 38.7 Å². The number of hydrogen-bond acceptors (Lipinski definition) is 4. The first-order valence-corrected chi connectivity index (χ1v) is 7.00. The number of carbonyl (C=O) groups is 1. The molecule has 2 aromatic rings. The first-order chi connectivity index (χ1) is 7.18. The predicted molar refractivity (Wildman–Crippen MR) is 68.5 cm³/mol. The van der Waals surface area contributed by atoms with Crippen molar-refractivity contribution < 1.29 is 4.79 Å². The SMILES string of the molecule is CC(=O)c1ccc(-c2cssc2=S)cc1. The van der Waals surface area contributed by atoms with Gasteiger partial charge >= 0.3 is 0 Å². The van der Waals surface area contributed by atoms with Crippen LogP contribution in [-0.2, 0) is 0 Å². The lowest BCUT2D eigenvalue weighted by atomic mass is 10.1. The molecule has 0 aliphatic carbocycles. The van der Waals surface area contributed by atoms with Gasteiger partial charge in [-0.15, -0.1) is 0 Å². The van der Waals surface area contributed by atoms with Crippen LogP contribution in [0, 0.1) is 3.82 Å². The highest BCUT2D eigenvalue weighted by atomic mass is 32.9. The Balaban J connectivity index is 2.44. The molecule has 2 rings (SSSR count). The Bertz CT molecular complexity index is 533. The number of benzene rings is 1. The zero-order valence-corrected chi connectivity index (χ0v) is 10.5. The van der Waals surface area contributed by atoms with Gasteiger partial charge in [-0.2, -0.15) is 0 Å². The minimum Gasteiger partial charge on any atom is -0.295 e. The van der Waals surface area contributed by atoms with Crippen molar-refractivity contribution in [3.8, 4) is 11.1 Å². The summed E-state index contributed by atoms with van der Waals surface area (Å²) in [5.41, 5.74) is 2.92. The van der Waals surface area contributed by atoms with Crippen LogP contribution in [0.4, 0.5) is 0 Å². The van der Waals surface area contributed by atoms with E-state index in [0.717, 1.165) is 20.5 Å². The molecule has 1 heterocycles. The molecule has 1 nitrogen and oxygen atoms in total. The molecule has 0 aliphatic heterocycles. The van der Waals surface area contributed by atoms with Crippen LogP contribution in [0.5, 0.6) is 0 Å². The lowest BCUT2D eigenvalue weighted by Gasteiger charge is -1.98. The van der Waals surface area contributed by atoms with E-state index >= 15 is 0 Å². The van der Waals surface area contributed by atoms with Gasteiger partial charge < -0.3 is 0 Å². The van der Waals surface area contributed by atoms with Crippen molar-refractivity contribution in [3.63, 3.8) is 0 Å². The lowest BCUT2D eigenvalue weighted by molar-refractivity contribution is 0.101. The second-order valence-corrected chi connectivity index (χ2v) is 5.88. The van der Waals surface area contributed by atoms with Gasteiger partial charge in [-0.25, -0.2) is 0 Å². The molecule has 0 bridgehead atoms. The van der Waals surface area contributed by atoms with Gasteiger partial charge in [0.25, 0.3) is 0 Å². The van der Waals surface area contributed by atoms with Crippen molar-refractivity contribution in [3.05, 3.63) is 39.0 Å². The van der Waals surface area contributed by atoms with Gasteiger partial charge in [0.2, 0.25) is 0 Å². The summed E-state index contributed by atoms with van der Waals surface area (Å²) in [7, 11) is 3.24. The maximum atomic E-state index is 11.1. The number of hydrogen-bond donors (Lipinski definition) is 0. The van der Waals surface area contributed by atoms with Crippen molar-refractivity contribution in [2.24, 2.45) is 0 Å². The minimum absolute atomic E-state index is 0.0910. The molecule has 0 amide bonds. The summed E-state index contributed by atoms with van der Waals surface area (Å²) in [5, 5.41) is 2.05. The fourth-order valence-electron chi connectivity index (χ4n) is 1.28. The van der Waals surface area contributed by atoms with Crippen molar-refractivity contribution in [2.75, 3.05) is 0 Å². The smallest absolute Gasteiger partial charge is 0.159 e. The molecule has 1 aromatic carbocycles. The lowest BCUT2D eigenvalue weighted by Crippen LogP contribution is -1.90. The van der Waals surface area contributed by atoms with E-state index < -0.39 is 0 Å². The van der Waals surface area contributed by atoms with Crippen LogP contribution in [0.15, 0.2) is 29.6 Å². The van der Waals surface area contributed by atoms with E-state index in [-0.39, 0.29) is 5.78 Å². The molecule has 0 fully saturated rings. The molecule has 0 radical (unpaired) electrons. The number of carbonyl (C=O) groups excluding carboxylic acids is 1. The Labute approximate surface area is 100 Å². The average Bonchev–Trinajstić information content (AvgIpc) is 2.65. The van der Waals surface area contributed by atoms with E-state index in [1.165, 1.54) is 0 Å². The molecule has 0 saturated heterocycles. The van der Waals surface area contributed by atoms with Crippen LogP contribution in [0.25, 0.3) is 11.1 Å². The summed E-state index contributed by atoms with van der Waals surface area (Å²) in [6.07, 6.45) is 0. The molecule has 76 valence electrons. The third kappa shape index (κ3) is 2.22. The highest BCUT2D eigenvalue weighted by molar-refractivity contribution is 7.79. The van der Waals surface area contributed by atoms with Crippen molar-refractivity contribution in [1.29, 1.82) is 0 Å². The van der Waals surface area contributed by atoms with Gasteiger partial charge in [0.05, 0.1) is 0 Å². The first-order valence-electron chi connectivity index (χ1n) is 4.37. The summed E-state index contributed by atoms with van der Waals surface area (Å²) >= 11 is 5.21. The highest BCUT2D eigenvalue weighted by Gasteiger charge is 2.03. The minimum atomic E-state index is 0.0910. The molecule has 0 N–H and O–H groups in total. The van der Waals surface area contributed by atoms with E-state index in [1.807, 2.05) is 24.3 Å². The van der Waals surface area contributed by atoms with Crippen molar-refractivity contribution in [2.45, 2.75) is 6.92 Å². The molecule has 0 spiro atoms. The standard InChI is InChI=1S/C11H8OS3/c1-7(12)8-2-4-9(5-3-8)10-6-14-15-11(10)13/h2-6H,1H3. The number of Topliss-reactive ketones (excluding diaryl/α,β-unsaturated/α-hetero) is 1. The largest absolute Gasteiger partial charge is 0.295 e. The molecule has 4 heteroatoms. The van der Waals surface area contributed by atoms with Gasteiger partial charge in [0.15, 0.2) is 5.78 Å². The fraction of sp³-hybridized carbons (Fsp3) is 0.0909. The van der Waals surface area contributed by atoms with Crippen LogP contribution in [0.3, 0.4) is 0 Å². The summed E-state index contributed by atoms with van der Waals surface area (Å²) < 4.78 is 0.913. The third-order valence-corrected chi connectivity index (χ3v) is 4.78. The van der Waals surface area contributed by atoms with Crippen LogP contribution in [0.1, 0.15) is 17.3 Å². The maximum Gasteiger partial charge on any atom is 0.159 e. The molecule has 1 aromatic heterocycles. The average molecular weight is 252 g/mol. The normalized spacial score (nSPS) is 10.2. The molecule has 15 heavy (non-hydrogen) atoms. The van der Waals surface area contributed by atoms with E-state index in [2.05, 4.69) is 5.38 Å². The zero-order valence-electron chi connectivity index (χ0n) is 8.02. The Hall–Kier alpha value is -0.840.